The molecule has 1 aromatic rings. The van der Waals surface area contributed by atoms with Gasteiger partial charge in [-0.15, -0.1) is 0 Å². The van der Waals surface area contributed by atoms with Crippen LogP contribution in [0.2, 0.25) is 0 Å². The summed E-state index contributed by atoms with van der Waals surface area (Å²) in [5.41, 5.74) is -0.587. The molecule has 0 radical (unpaired) electrons. The second kappa shape index (κ2) is 6.75. The van der Waals surface area contributed by atoms with Crippen molar-refractivity contribution >= 4 is 16.0 Å². The molecule has 5 nitrogen and oxygen atoms in total. The van der Waals surface area contributed by atoms with Gasteiger partial charge < -0.3 is 5.11 Å². The molecule has 0 amide bonds. The van der Waals surface area contributed by atoms with Crippen LogP contribution < -0.4 is 0 Å². The highest BCUT2D eigenvalue weighted by Gasteiger charge is 2.27. The molecule has 1 fully saturated rings. The third-order valence-corrected chi connectivity index (χ3v) is 5.79. The fourth-order valence-corrected chi connectivity index (χ4v) is 4.28. The minimum absolute atomic E-state index is 0.0190. The molecule has 0 bridgehead atoms. The Morgan fingerprint density at radius 2 is 1.68 bits per heavy atom. The molecule has 0 aliphatic carbocycles. The third kappa shape index (κ3) is 3.47. The molecule has 0 saturated carbocycles. The van der Waals surface area contributed by atoms with E-state index in [9.17, 15) is 17.6 Å². The number of rotatable bonds is 3. The molecular weight excluding hydrogens is 309 g/mol. The van der Waals surface area contributed by atoms with Gasteiger partial charge in [0.05, 0.1) is 10.5 Å². The van der Waals surface area contributed by atoms with Crippen LogP contribution in [0.5, 0.6) is 0 Å². The average molecular weight is 329 g/mol. The van der Waals surface area contributed by atoms with Gasteiger partial charge in [-0.2, -0.15) is 4.31 Å². The molecule has 1 saturated heterocycles. The van der Waals surface area contributed by atoms with Gasteiger partial charge in [-0.3, -0.25) is 0 Å². The number of hydrogen-bond donors (Lipinski definition) is 1. The van der Waals surface area contributed by atoms with Crippen LogP contribution in [-0.4, -0.2) is 36.9 Å². The second-order valence-electron chi connectivity index (χ2n) is 5.58. The van der Waals surface area contributed by atoms with Crippen LogP contribution in [0.25, 0.3) is 0 Å². The molecule has 1 aliphatic heterocycles. The minimum atomic E-state index is -3.79. The summed E-state index contributed by atoms with van der Waals surface area (Å²) in [6.45, 7) is 2.20. The highest BCUT2D eigenvalue weighted by molar-refractivity contribution is 7.89. The Balaban J connectivity index is 2.42. The molecule has 1 heterocycles. The van der Waals surface area contributed by atoms with Crippen LogP contribution in [0, 0.1) is 12.7 Å². The first kappa shape index (κ1) is 16.9. The number of carbonyl (C=O) groups is 1. The van der Waals surface area contributed by atoms with Gasteiger partial charge in [0, 0.05) is 13.1 Å². The zero-order valence-corrected chi connectivity index (χ0v) is 13.3. The summed E-state index contributed by atoms with van der Waals surface area (Å²) in [6, 6.07) is 2.12. The molecule has 7 heteroatoms. The first-order valence-electron chi connectivity index (χ1n) is 7.37. The summed E-state index contributed by atoms with van der Waals surface area (Å²) in [4.78, 5) is 10.9. The second-order valence-corrected chi connectivity index (χ2v) is 7.52. The van der Waals surface area contributed by atoms with Gasteiger partial charge in [0.1, 0.15) is 5.82 Å². The normalized spacial score (nSPS) is 17.7. The van der Waals surface area contributed by atoms with Gasteiger partial charge >= 0.3 is 5.97 Å². The van der Waals surface area contributed by atoms with Gasteiger partial charge in [-0.05, 0) is 37.5 Å². The van der Waals surface area contributed by atoms with Crippen molar-refractivity contribution in [2.45, 2.75) is 43.9 Å². The van der Waals surface area contributed by atoms with E-state index in [0.29, 0.717) is 13.1 Å². The van der Waals surface area contributed by atoms with Crippen LogP contribution in [-0.2, 0) is 10.0 Å². The van der Waals surface area contributed by atoms with Crippen LogP contribution in [0.3, 0.4) is 0 Å². The van der Waals surface area contributed by atoms with E-state index in [0.717, 1.165) is 38.2 Å². The fourth-order valence-electron chi connectivity index (χ4n) is 2.65. The van der Waals surface area contributed by atoms with Crippen molar-refractivity contribution in [1.29, 1.82) is 0 Å². The zero-order valence-electron chi connectivity index (χ0n) is 12.5. The molecule has 1 aromatic carbocycles. The van der Waals surface area contributed by atoms with Gasteiger partial charge in [0.15, 0.2) is 0 Å². The number of carboxylic acid groups (broad SMARTS) is 1. The number of aromatic carboxylic acids is 1. The van der Waals surface area contributed by atoms with Crippen LogP contribution in [0.1, 0.15) is 48.0 Å². The van der Waals surface area contributed by atoms with E-state index in [1.165, 1.54) is 17.3 Å². The molecule has 1 N–H and O–H groups in total. The summed E-state index contributed by atoms with van der Waals surface area (Å²) in [5, 5.41) is 9.02. The lowest BCUT2D eigenvalue weighted by Gasteiger charge is -2.24. The molecule has 0 spiro atoms. The van der Waals surface area contributed by atoms with E-state index in [4.69, 9.17) is 5.11 Å². The molecule has 1 aliphatic rings. The summed E-state index contributed by atoms with van der Waals surface area (Å²) >= 11 is 0. The summed E-state index contributed by atoms with van der Waals surface area (Å²) in [6.07, 6.45) is 4.63. The number of aryl methyl sites for hydroxylation is 1. The van der Waals surface area contributed by atoms with Crippen LogP contribution in [0.4, 0.5) is 4.39 Å². The van der Waals surface area contributed by atoms with Crippen LogP contribution in [0.15, 0.2) is 17.0 Å². The Labute approximate surface area is 129 Å². The third-order valence-electron chi connectivity index (χ3n) is 3.91. The highest BCUT2D eigenvalue weighted by Crippen LogP contribution is 2.24. The van der Waals surface area contributed by atoms with Gasteiger partial charge in [-0.25, -0.2) is 17.6 Å². The first-order valence-corrected chi connectivity index (χ1v) is 8.81. The largest absolute Gasteiger partial charge is 0.478 e. The average Bonchev–Trinajstić information content (AvgIpc) is 2.40. The summed E-state index contributed by atoms with van der Waals surface area (Å²) in [7, 11) is -3.79. The lowest BCUT2D eigenvalue weighted by atomic mass is 10.1. The zero-order chi connectivity index (χ0) is 16.3. The lowest BCUT2D eigenvalue weighted by Crippen LogP contribution is -2.34. The standard InChI is InChI=1S/C15H20FNO4S/c1-11-9-12(10-13(14(11)16)15(18)19)22(20,21)17-7-5-3-2-4-6-8-17/h9-10H,2-8H2,1H3,(H,18,19). The molecule has 0 aromatic heterocycles. The van der Waals surface area contributed by atoms with Crippen molar-refractivity contribution in [1.82, 2.24) is 4.31 Å². The van der Waals surface area contributed by atoms with Crippen molar-refractivity contribution in [3.8, 4) is 0 Å². The highest BCUT2D eigenvalue weighted by atomic mass is 32.2. The maximum Gasteiger partial charge on any atom is 0.338 e. The van der Waals surface area contributed by atoms with E-state index >= 15 is 0 Å². The number of halogens is 1. The van der Waals surface area contributed by atoms with Crippen molar-refractivity contribution in [2.24, 2.45) is 0 Å². The number of hydrogen-bond acceptors (Lipinski definition) is 3. The van der Waals surface area contributed by atoms with Crippen molar-refractivity contribution in [2.75, 3.05) is 13.1 Å². The van der Waals surface area contributed by atoms with Gasteiger partial charge in [0.25, 0.3) is 0 Å². The number of carboxylic acids is 1. The summed E-state index contributed by atoms with van der Waals surface area (Å²) in [5.74, 6) is -2.36. The maximum atomic E-state index is 13.8. The Morgan fingerprint density at radius 3 is 2.23 bits per heavy atom. The molecule has 0 atom stereocenters. The van der Waals surface area contributed by atoms with E-state index in [-0.39, 0.29) is 10.5 Å². The molecule has 122 valence electrons. The number of nitrogens with zero attached hydrogens (tertiary/aromatic N) is 1. The maximum absolute atomic E-state index is 13.8. The minimum Gasteiger partial charge on any atom is -0.478 e. The van der Waals surface area contributed by atoms with Crippen LogP contribution >= 0.6 is 0 Å². The molecule has 0 unspecified atom stereocenters. The summed E-state index contributed by atoms with van der Waals surface area (Å²) < 4.78 is 40.6. The van der Waals surface area contributed by atoms with Crippen molar-refractivity contribution in [3.63, 3.8) is 0 Å². The Morgan fingerprint density at radius 1 is 1.14 bits per heavy atom. The Hall–Kier alpha value is -1.47. The monoisotopic (exact) mass is 329 g/mol. The fraction of sp³-hybridized carbons (Fsp3) is 0.533. The van der Waals surface area contributed by atoms with E-state index in [1.807, 2.05) is 0 Å². The SMILES string of the molecule is Cc1cc(S(=O)(=O)N2CCCCCCC2)cc(C(=O)O)c1F. The van der Waals surface area contributed by atoms with E-state index in [1.54, 1.807) is 0 Å². The Bertz CT molecular complexity index is 664. The van der Waals surface area contributed by atoms with E-state index < -0.39 is 27.4 Å². The number of benzene rings is 1. The molecule has 22 heavy (non-hydrogen) atoms. The Kier molecular flexibility index (Phi) is 5.18. The van der Waals surface area contributed by atoms with E-state index in [2.05, 4.69) is 0 Å². The lowest BCUT2D eigenvalue weighted by molar-refractivity contribution is 0.0691. The van der Waals surface area contributed by atoms with Crippen molar-refractivity contribution < 1.29 is 22.7 Å². The van der Waals surface area contributed by atoms with Crippen molar-refractivity contribution in [3.05, 3.63) is 29.1 Å². The quantitative estimate of drug-likeness (QED) is 0.925. The smallest absolute Gasteiger partial charge is 0.338 e. The first-order chi connectivity index (χ1) is 10.3. The molecule has 2 rings (SSSR count). The van der Waals surface area contributed by atoms with Gasteiger partial charge in [0.2, 0.25) is 10.0 Å². The topological polar surface area (TPSA) is 74.7 Å². The van der Waals surface area contributed by atoms with Gasteiger partial charge in [-0.1, -0.05) is 19.3 Å². The predicted molar refractivity (Wildman–Crippen MR) is 79.9 cm³/mol. The predicted octanol–water partition coefficient (Wildman–Crippen LogP) is 2.79. The molecular formula is C15H20FNO4S. The number of sulfonamides is 1.